The van der Waals surface area contributed by atoms with Gasteiger partial charge in [0.2, 0.25) is 5.91 Å². The number of nitrogens with zero attached hydrogens (tertiary/aromatic N) is 1. The zero-order valence-electron chi connectivity index (χ0n) is 10.1. The van der Waals surface area contributed by atoms with Crippen molar-refractivity contribution in [1.29, 1.82) is 0 Å². The second-order valence-corrected chi connectivity index (χ2v) is 6.83. The van der Waals surface area contributed by atoms with E-state index in [-0.39, 0.29) is 5.91 Å². The van der Waals surface area contributed by atoms with E-state index in [4.69, 9.17) is 0 Å². The van der Waals surface area contributed by atoms with Crippen LogP contribution in [0.5, 0.6) is 0 Å². The van der Waals surface area contributed by atoms with Crippen molar-refractivity contribution in [2.24, 2.45) is 5.92 Å². The maximum Gasteiger partial charge on any atom is 0.240 e. The Balaban J connectivity index is 2.58. The van der Waals surface area contributed by atoms with Gasteiger partial charge in [0, 0.05) is 19.3 Å². The van der Waals surface area contributed by atoms with E-state index in [0.717, 1.165) is 19.2 Å². The number of sulfone groups is 1. The fraction of sp³-hybridized carbons (Fsp3) is 0.900. The number of rotatable bonds is 4. The molecule has 0 aromatic carbocycles. The Morgan fingerprint density at radius 2 is 2.19 bits per heavy atom. The van der Waals surface area contributed by atoms with Gasteiger partial charge in [-0.25, -0.2) is 8.42 Å². The molecule has 1 aliphatic rings. The normalized spacial score (nSPS) is 23.4. The summed E-state index contributed by atoms with van der Waals surface area (Å²) in [4.78, 5) is 13.5. The molecule has 0 aliphatic carbocycles. The summed E-state index contributed by atoms with van der Waals surface area (Å²) in [7, 11) is -1.40. The molecule has 1 rings (SSSR count). The smallest absolute Gasteiger partial charge is 0.240 e. The highest BCUT2D eigenvalue weighted by Gasteiger charge is 2.32. The summed E-state index contributed by atoms with van der Waals surface area (Å²) in [6.45, 7) is 3.67. The van der Waals surface area contributed by atoms with E-state index in [2.05, 4.69) is 5.32 Å². The molecule has 6 heteroatoms. The van der Waals surface area contributed by atoms with Crippen molar-refractivity contribution < 1.29 is 13.2 Å². The first-order valence-electron chi connectivity index (χ1n) is 5.48. The number of nitrogens with one attached hydrogen (secondary N) is 1. The Kier molecular flexibility index (Phi) is 4.32. The first-order valence-corrected chi connectivity index (χ1v) is 7.44. The molecule has 0 saturated carbocycles. The van der Waals surface area contributed by atoms with E-state index >= 15 is 0 Å². The third-order valence-corrected chi connectivity index (χ3v) is 4.57. The SMILES string of the molecule is CNCC1CCN(C(=O)C(C)S(C)(=O)=O)C1. The van der Waals surface area contributed by atoms with Crippen LogP contribution in [0.2, 0.25) is 0 Å². The largest absolute Gasteiger partial charge is 0.341 e. The number of hydrogen-bond acceptors (Lipinski definition) is 4. The first-order chi connectivity index (χ1) is 7.36. The highest BCUT2D eigenvalue weighted by atomic mass is 32.2. The molecule has 2 atom stereocenters. The van der Waals surface area contributed by atoms with Crippen LogP contribution >= 0.6 is 0 Å². The molecule has 1 fully saturated rings. The number of hydrogen-bond donors (Lipinski definition) is 1. The van der Waals surface area contributed by atoms with Gasteiger partial charge in [-0.1, -0.05) is 0 Å². The molecule has 1 N–H and O–H groups in total. The summed E-state index contributed by atoms with van der Waals surface area (Å²) in [5.41, 5.74) is 0. The standard InChI is InChI=1S/C10H20N2O3S/c1-8(16(3,14)15)10(13)12-5-4-9(7-12)6-11-2/h8-9,11H,4-7H2,1-3H3. The minimum atomic E-state index is -3.28. The van der Waals surface area contributed by atoms with Crippen molar-refractivity contribution >= 4 is 15.7 Å². The maximum atomic E-state index is 11.9. The molecule has 0 radical (unpaired) electrons. The van der Waals surface area contributed by atoms with E-state index in [1.807, 2.05) is 7.05 Å². The molecule has 1 amide bonds. The van der Waals surface area contributed by atoms with Gasteiger partial charge < -0.3 is 10.2 Å². The molecule has 0 spiro atoms. The highest BCUT2D eigenvalue weighted by Crippen LogP contribution is 2.17. The van der Waals surface area contributed by atoms with Crippen LogP contribution in [-0.4, -0.2) is 57.4 Å². The van der Waals surface area contributed by atoms with E-state index in [1.165, 1.54) is 6.92 Å². The second kappa shape index (κ2) is 5.14. The van der Waals surface area contributed by atoms with E-state index < -0.39 is 15.1 Å². The molecule has 16 heavy (non-hydrogen) atoms. The maximum absolute atomic E-state index is 11.9. The third kappa shape index (κ3) is 3.18. The Bertz CT molecular complexity index is 353. The first kappa shape index (κ1) is 13.4. The van der Waals surface area contributed by atoms with Crippen molar-refractivity contribution in [3.8, 4) is 0 Å². The summed E-state index contributed by atoms with van der Waals surface area (Å²) in [5.74, 6) is 0.182. The van der Waals surface area contributed by atoms with Gasteiger partial charge in [-0.05, 0) is 32.9 Å². The molecule has 94 valence electrons. The lowest BCUT2D eigenvalue weighted by atomic mass is 10.1. The average molecular weight is 248 g/mol. The van der Waals surface area contributed by atoms with E-state index in [0.29, 0.717) is 19.0 Å². The number of amides is 1. The molecule has 0 aromatic rings. The van der Waals surface area contributed by atoms with Crippen LogP contribution in [-0.2, 0) is 14.6 Å². The van der Waals surface area contributed by atoms with Gasteiger partial charge >= 0.3 is 0 Å². The third-order valence-electron chi connectivity index (χ3n) is 3.08. The number of carbonyl (C=O) groups is 1. The lowest BCUT2D eigenvalue weighted by Crippen LogP contribution is -2.40. The molecule has 1 aliphatic heterocycles. The number of carbonyl (C=O) groups excluding carboxylic acids is 1. The van der Waals surface area contributed by atoms with Gasteiger partial charge in [0.25, 0.3) is 0 Å². The van der Waals surface area contributed by atoms with Crippen molar-refractivity contribution in [3.63, 3.8) is 0 Å². The van der Waals surface area contributed by atoms with Crippen molar-refractivity contribution in [1.82, 2.24) is 10.2 Å². The molecule has 1 saturated heterocycles. The van der Waals surface area contributed by atoms with Crippen LogP contribution < -0.4 is 5.32 Å². The molecule has 0 bridgehead atoms. The quantitative estimate of drug-likeness (QED) is 0.727. The average Bonchev–Trinajstić information content (AvgIpc) is 2.63. The Hall–Kier alpha value is -0.620. The van der Waals surface area contributed by atoms with Crippen molar-refractivity contribution in [3.05, 3.63) is 0 Å². The van der Waals surface area contributed by atoms with Crippen LogP contribution in [0, 0.1) is 5.92 Å². The zero-order chi connectivity index (χ0) is 12.3. The minimum Gasteiger partial charge on any atom is -0.341 e. The fourth-order valence-corrected chi connectivity index (χ4v) is 2.44. The van der Waals surface area contributed by atoms with Gasteiger partial charge in [0.05, 0.1) is 0 Å². The summed E-state index contributed by atoms with van der Waals surface area (Å²) in [6, 6.07) is 0. The predicted molar refractivity (Wildman–Crippen MR) is 62.9 cm³/mol. The molecule has 0 aromatic heterocycles. The minimum absolute atomic E-state index is 0.263. The van der Waals surface area contributed by atoms with Crippen LogP contribution in [0.15, 0.2) is 0 Å². The number of likely N-dealkylation sites (tertiary alicyclic amines) is 1. The Morgan fingerprint density at radius 1 is 1.56 bits per heavy atom. The fourth-order valence-electron chi connectivity index (χ4n) is 1.93. The van der Waals surface area contributed by atoms with E-state index in [1.54, 1.807) is 4.90 Å². The van der Waals surface area contributed by atoms with Gasteiger partial charge in [0.15, 0.2) is 9.84 Å². The van der Waals surface area contributed by atoms with Crippen LogP contribution in [0.25, 0.3) is 0 Å². The molecule has 1 heterocycles. The highest BCUT2D eigenvalue weighted by molar-refractivity contribution is 7.92. The lowest BCUT2D eigenvalue weighted by molar-refractivity contribution is -0.129. The monoisotopic (exact) mass is 248 g/mol. The Morgan fingerprint density at radius 3 is 2.69 bits per heavy atom. The Labute approximate surface area is 97.1 Å². The van der Waals surface area contributed by atoms with Crippen LogP contribution in [0.1, 0.15) is 13.3 Å². The lowest BCUT2D eigenvalue weighted by Gasteiger charge is -2.20. The van der Waals surface area contributed by atoms with E-state index in [9.17, 15) is 13.2 Å². The summed E-state index contributed by atoms with van der Waals surface area (Å²) >= 11 is 0. The topological polar surface area (TPSA) is 66.5 Å². The van der Waals surface area contributed by atoms with Gasteiger partial charge in [-0.15, -0.1) is 0 Å². The molecular weight excluding hydrogens is 228 g/mol. The van der Waals surface area contributed by atoms with Gasteiger partial charge in [-0.3, -0.25) is 4.79 Å². The predicted octanol–water partition coefficient (Wildman–Crippen LogP) is -0.513. The second-order valence-electron chi connectivity index (χ2n) is 4.47. The van der Waals surface area contributed by atoms with Crippen LogP contribution in [0.3, 0.4) is 0 Å². The van der Waals surface area contributed by atoms with Gasteiger partial charge in [-0.2, -0.15) is 0 Å². The van der Waals surface area contributed by atoms with Crippen LogP contribution in [0.4, 0.5) is 0 Å². The molecule has 5 nitrogen and oxygen atoms in total. The summed E-state index contributed by atoms with van der Waals surface area (Å²) in [6.07, 6.45) is 2.06. The summed E-state index contributed by atoms with van der Waals surface area (Å²) in [5, 5.41) is 2.16. The van der Waals surface area contributed by atoms with Crippen molar-refractivity contribution in [2.45, 2.75) is 18.6 Å². The van der Waals surface area contributed by atoms with Crippen molar-refractivity contribution in [2.75, 3.05) is 32.9 Å². The molecular formula is C10H20N2O3S. The molecule has 2 unspecified atom stereocenters. The zero-order valence-corrected chi connectivity index (χ0v) is 10.9. The van der Waals surface area contributed by atoms with Gasteiger partial charge in [0.1, 0.15) is 5.25 Å². The summed E-state index contributed by atoms with van der Waals surface area (Å²) < 4.78 is 22.6.